The van der Waals surface area contributed by atoms with Crippen molar-refractivity contribution in [2.75, 3.05) is 18.4 Å². The Balaban J connectivity index is 1.73. The third kappa shape index (κ3) is 4.37. The summed E-state index contributed by atoms with van der Waals surface area (Å²) < 4.78 is 27.8. The molecule has 0 unspecified atom stereocenters. The molecule has 1 heterocycles. The first-order valence-corrected chi connectivity index (χ1v) is 11.4. The van der Waals surface area contributed by atoms with Crippen LogP contribution in [-0.2, 0) is 21.2 Å². The largest absolute Gasteiger partial charge is 0.322 e. The molecule has 2 aromatic rings. The number of carbonyl (C=O) groups excluding carboxylic acids is 1. The van der Waals surface area contributed by atoms with E-state index in [-0.39, 0.29) is 23.9 Å². The summed E-state index contributed by atoms with van der Waals surface area (Å²) in [5, 5.41) is 3.01. The number of rotatable bonds is 5. The fourth-order valence-electron chi connectivity index (χ4n) is 3.23. The summed E-state index contributed by atoms with van der Waals surface area (Å²) in [6, 6.07) is 12.5. The van der Waals surface area contributed by atoms with Crippen LogP contribution in [0.4, 0.5) is 5.69 Å². The Kier molecular flexibility index (Phi) is 6.37. The maximum absolute atomic E-state index is 12.8. The number of aryl methyl sites for hydroxylation is 2. The van der Waals surface area contributed by atoms with Gasteiger partial charge >= 0.3 is 0 Å². The molecule has 5 nitrogen and oxygen atoms in total. The van der Waals surface area contributed by atoms with E-state index in [4.69, 9.17) is 0 Å². The van der Waals surface area contributed by atoms with Crippen molar-refractivity contribution in [1.29, 1.82) is 0 Å². The van der Waals surface area contributed by atoms with E-state index in [1.165, 1.54) is 4.31 Å². The maximum Gasteiger partial charge on any atom is 0.251 e. The summed E-state index contributed by atoms with van der Waals surface area (Å²) in [6.07, 6.45) is 2.92. The smallest absolute Gasteiger partial charge is 0.251 e. The van der Waals surface area contributed by atoms with Crippen molar-refractivity contribution in [2.45, 2.75) is 31.6 Å². The number of sulfonamides is 1. The molecule has 148 valence electrons. The fourth-order valence-corrected chi connectivity index (χ4v) is 4.87. The zero-order valence-electron chi connectivity index (χ0n) is 15.9. The van der Waals surface area contributed by atoms with E-state index in [1.807, 2.05) is 25.1 Å². The van der Waals surface area contributed by atoms with Crippen molar-refractivity contribution < 1.29 is 13.2 Å². The molecule has 0 fully saturated rings. The Morgan fingerprint density at radius 1 is 1.18 bits per heavy atom. The van der Waals surface area contributed by atoms with Gasteiger partial charge in [0.15, 0.2) is 0 Å². The lowest BCUT2D eigenvalue weighted by Gasteiger charge is -2.25. The maximum atomic E-state index is 12.8. The van der Waals surface area contributed by atoms with Gasteiger partial charge in [0.1, 0.15) is 0 Å². The van der Waals surface area contributed by atoms with E-state index in [9.17, 15) is 13.2 Å². The van der Waals surface area contributed by atoms with Gasteiger partial charge in [0.05, 0.1) is 4.90 Å². The third-order valence-corrected chi connectivity index (χ3v) is 7.30. The second kappa shape index (κ2) is 8.59. The van der Waals surface area contributed by atoms with Crippen LogP contribution in [0.3, 0.4) is 0 Å². The average molecular weight is 463 g/mol. The average Bonchev–Trinajstić information content (AvgIpc) is 2.70. The van der Waals surface area contributed by atoms with Crippen molar-refractivity contribution in [2.24, 2.45) is 0 Å². The van der Waals surface area contributed by atoms with Gasteiger partial charge in [-0.25, -0.2) is 8.42 Å². The van der Waals surface area contributed by atoms with Crippen LogP contribution in [0.2, 0.25) is 0 Å². The number of carbonyl (C=O) groups is 1. The molecule has 0 aliphatic carbocycles. The van der Waals surface area contributed by atoms with E-state index in [0.717, 1.165) is 27.7 Å². The van der Waals surface area contributed by atoms with Crippen LogP contribution in [0, 0.1) is 6.92 Å². The van der Waals surface area contributed by atoms with Gasteiger partial charge in [-0.2, -0.15) is 4.31 Å². The number of halogens is 1. The van der Waals surface area contributed by atoms with Gasteiger partial charge in [-0.1, -0.05) is 47.1 Å². The monoisotopic (exact) mass is 462 g/mol. The Bertz CT molecular complexity index is 1010. The molecule has 1 aliphatic heterocycles. The van der Waals surface area contributed by atoms with Gasteiger partial charge in [-0.15, -0.1) is 0 Å². The predicted molar refractivity (Wildman–Crippen MR) is 115 cm³/mol. The summed E-state index contributed by atoms with van der Waals surface area (Å²) >= 11 is 3.31. The first-order valence-electron chi connectivity index (χ1n) is 9.17. The molecule has 2 aromatic carbocycles. The SMILES string of the molecule is CCc1cccc(C)c1NC(=O)C1=CCN(S(=O)(=O)c2ccc(Br)cc2)CC1. The molecule has 0 spiro atoms. The molecule has 1 amide bonds. The number of amides is 1. The zero-order valence-corrected chi connectivity index (χ0v) is 18.3. The molecule has 0 radical (unpaired) electrons. The second-order valence-corrected chi connectivity index (χ2v) is 9.57. The highest BCUT2D eigenvalue weighted by Crippen LogP contribution is 2.25. The number of hydrogen-bond donors (Lipinski definition) is 1. The molecular formula is C21H23BrN2O3S. The number of nitrogens with one attached hydrogen (secondary N) is 1. The number of benzene rings is 2. The first kappa shape index (κ1) is 20.8. The predicted octanol–water partition coefficient (Wildman–Crippen LogP) is 4.28. The van der Waals surface area contributed by atoms with E-state index in [2.05, 4.69) is 28.2 Å². The van der Waals surface area contributed by atoms with Crippen molar-refractivity contribution in [3.05, 3.63) is 69.7 Å². The van der Waals surface area contributed by atoms with Crippen LogP contribution in [0.5, 0.6) is 0 Å². The lowest BCUT2D eigenvalue weighted by Crippen LogP contribution is -2.36. The zero-order chi connectivity index (χ0) is 20.3. The quantitative estimate of drug-likeness (QED) is 0.720. The minimum atomic E-state index is -3.57. The molecular weight excluding hydrogens is 440 g/mol. The Labute approximate surface area is 174 Å². The Hall–Kier alpha value is -1.96. The summed E-state index contributed by atoms with van der Waals surface area (Å²) in [4.78, 5) is 13.0. The minimum Gasteiger partial charge on any atom is -0.322 e. The highest BCUT2D eigenvalue weighted by atomic mass is 79.9. The van der Waals surface area contributed by atoms with Crippen LogP contribution >= 0.6 is 15.9 Å². The molecule has 0 saturated carbocycles. The van der Waals surface area contributed by atoms with E-state index in [1.54, 1.807) is 30.3 Å². The van der Waals surface area contributed by atoms with Gasteiger partial charge in [-0.3, -0.25) is 4.79 Å². The molecule has 0 aromatic heterocycles. The third-order valence-electron chi connectivity index (χ3n) is 4.89. The van der Waals surface area contributed by atoms with Gasteiger partial charge < -0.3 is 5.32 Å². The van der Waals surface area contributed by atoms with Gasteiger partial charge in [0.2, 0.25) is 10.0 Å². The highest BCUT2D eigenvalue weighted by Gasteiger charge is 2.27. The van der Waals surface area contributed by atoms with Gasteiger partial charge in [0.25, 0.3) is 5.91 Å². The molecule has 7 heteroatoms. The van der Waals surface area contributed by atoms with Gasteiger partial charge in [-0.05, 0) is 55.2 Å². The highest BCUT2D eigenvalue weighted by molar-refractivity contribution is 9.10. The summed E-state index contributed by atoms with van der Waals surface area (Å²) in [6.45, 7) is 4.49. The Morgan fingerprint density at radius 3 is 2.50 bits per heavy atom. The molecule has 28 heavy (non-hydrogen) atoms. The number of anilines is 1. The summed E-state index contributed by atoms with van der Waals surface area (Å²) in [5.74, 6) is -0.162. The molecule has 1 N–H and O–H groups in total. The van der Waals surface area contributed by atoms with Crippen LogP contribution in [0.1, 0.15) is 24.5 Å². The molecule has 3 rings (SSSR count). The topological polar surface area (TPSA) is 66.5 Å². The number of para-hydroxylation sites is 1. The minimum absolute atomic E-state index is 0.162. The first-order chi connectivity index (χ1) is 13.3. The van der Waals surface area contributed by atoms with E-state index in [0.29, 0.717) is 12.0 Å². The molecule has 0 atom stereocenters. The van der Waals surface area contributed by atoms with E-state index < -0.39 is 10.0 Å². The van der Waals surface area contributed by atoms with Crippen LogP contribution in [-0.4, -0.2) is 31.7 Å². The molecule has 0 saturated heterocycles. The summed E-state index contributed by atoms with van der Waals surface area (Å²) in [5.41, 5.74) is 3.57. The molecule has 0 bridgehead atoms. The van der Waals surface area contributed by atoms with Crippen LogP contribution in [0.15, 0.2) is 63.5 Å². The lowest BCUT2D eigenvalue weighted by atomic mass is 10.0. The van der Waals surface area contributed by atoms with Crippen LogP contribution < -0.4 is 5.32 Å². The van der Waals surface area contributed by atoms with Crippen molar-refractivity contribution in [3.8, 4) is 0 Å². The molecule has 1 aliphatic rings. The normalized spacial score (nSPS) is 15.2. The summed E-state index contributed by atoms with van der Waals surface area (Å²) in [7, 11) is -3.57. The van der Waals surface area contributed by atoms with Crippen molar-refractivity contribution in [3.63, 3.8) is 0 Å². The van der Waals surface area contributed by atoms with Gasteiger partial charge in [0, 0.05) is 28.8 Å². The second-order valence-electron chi connectivity index (χ2n) is 6.71. The fraction of sp³-hybridized carbons (Fsp3) is 0.286. The van der Waals surface area contributed by atoms with Crippen LogP contribution in [0.25, 0.3) is 0 Å². The van der Waals surface area contributed by atoms with Crippen molar-refractivity contribution in [1.82, 2.24) is 4.31 Å². The standard InChI is InChI=1S/C21H23BrN2O3S/c1-3-16-6-4-5-15(2)20(16)23-21(25)17-11-13-24(14-12-17)28(26,27)19-9-7-18(22)8-10-19/h4-11H,3,12-14H2,1-2H3,(H,23,25). The number of nitrogens with zero attached hydrogens (tertiary/aromatic N) is 1. The Morgan fingerprint density at radius 2 is 1.89 bits per heavy atom. The number of hydrogen-bond acceptors (Lipinski definition) is 3. The van der Waals surface area contributed by atoms with E-state index >= 15 is 0 Å². The van der Waals surface area contributed by atoms with Crippen molar-refractivity contribution >= 4 is 37.5 Å². The lowest BCUT2D eigenvalue weighted by molar-refractivity contribution is -0.113.